The zero-order valence-corrected chi connectivity index (χ0v) is 6.42. The molecule has 0 saturated carbocycles. The molecule has 0 saturated heterocycles. The molecule has 0 amide bonds. The Bertz CT molecular complexity index is 172. The fraction of sp³-hybridized carbons (Fsp3) is 0. The van der Waals surface area contributed by atoms with Gasteiger partial charge in [0.1, 0.15) is 0 Å². The van der Waals surface area contributed by atoms with E-state index in [0.717, 1.165) is 0 Å². The zero-order valence-electron chi connectivity index (χ0n) is 6.42. The van der Waals surface area contributed by atoms with Gasteiger partial charge in [-0.3, -0.25) is 0 Å². The fourth-order valence-electron chi connectivity index (χ4n) is 0. The molecule has 0 spiro atoms. The largest absolute Gasteiger partial charge is 0.473 e. The summed E-state index contributed by atoms with van der Waals surface area (Å²) in [6, 6.07) is 0. The summed E-state index contributed by atoms with van der Waals surface area (Å²) >= 11 is 0. The molecule has 0 heterocycles. The van der Waals surface area contributed by atoms with Gasteiger partial charge in [-0.15, -0.1) is 0 Å². The summed E-state index contributed by atoms with van der Waals surface area (Å²) in [7, 11) is 0. The van der Waals surface area contributed by atoms with Gasteiger partial charge in [0.15, 0.2) is 0 Å². The molecule has 0 aliphatic rings. The Hall–Kier alpha value is -1.52. The maximum atomic E-state index is 9.10. The van der Waals surface area contributed by atoms with Gasteiger partial charge >= 0.3 is 23.9 Å². The molecule has 0 bridgehead atoms. The SMILES string of the molecule is O=C(O)C(=O)O.O=C(O)C(=O)O.[Li]. The summed E-state index contributed by atoms with van der Waals surface area (Å²) < 4.78 is 0. The first-order chi connectivity index (χ1) is 5.29. The first-order valence-corrected chi connectivity index (χ1v) is 2.21. The van der Waals surface area contributed by atoms with E-state index >= 15 is 0 Å². The van der Waals surface area contributed by atoms with Crippen molar-refractivity contribution in [2.45, 2.75) is 0 Å². The van der Waals surface area contributed by atoms with Crippen molar-refractivity contribution >= 4 is 42.7 Å². The van der Waals surface area contributed by atoms with Crippen molar-refractivity contribution < 1.29 is 39.6 Å². The van der Waals surface area contributed by atoms with Gasteiger partial charge in [0.05, 0.1) is 0 Å². The minimum absolute atomic E-state index is 0. The predicted molar refractivity (Wildman–Crippen MR) is 36.3 cm³/mol. The van der Waals surface area contributed by atoms with Crippen LogP contribution in [0, 0.1) is 0 Å². The topological polar surface area (TPSA) is 149 Å². The second-order valence-corrected chi connectivity index (χ2v) is 1.22. The Kier molecular flexibility index (Phi) is 11.6. The summed E-state index contributed by atoms with van der Waals surface area (Å²) in [5.74, 6) is -7.30. The van der Waals surface area contributed by atoms with E-state index in [1.54, 1.807) is 0 Å². The molecule has 8 nitrogen and oxygen atoms in total. The van der Waals surface area contributed by atoms with Gasteiger partial charge in [-0.05, 0) is 0 Å². The first-order valence-electron chi connectivity index (χ1n) is 2.21. The molecule has 0 fully saturated rings. The monoisotopic (exact) mass is 187 g/mol. The quantitative estimate of drug-likeness (QED) is 0.249. The molecule has 0 aromatic rings. The molecule has 1 radical (unpaired) electrons. The molecule has 0 rings (SSSR count). The summed E-state index contributed by atoms with van der Waals surface area (Å²) in [6.07, 6.45) is 0. The second kappa shape index (κ2) is 8.57. The molecule has 0 aromatic carbocycles. The van der Waals surface area contributed by atoms with Gasteiger partial charge in [-0.1, -0.05) is 0 Å². The van der Waals surface area contributed by atoms with Gasteiger partial charge in [-0.25, -0.2) is 19.2 Å². The molecule has 0 aliphatic carbocycles. The molecule has 0 atom stereocenters. The summed E-state index contributed by atoms with van der Waals surface area (Å²) in [5.41, 5.74) is 0. The summed E-state index contributed by atoms with van der Waals surface area (Å²) in [4.78, 5) is 36.4. The van der Waals surface area contributed by atoms with E-state index in [2.05, 4.69) is 0 Å². The van der Waals surface area contributed by atoms with Gasteiger partial charge in [0.25, 0.3) is 0 Å². The van der Waals surface area contributed by atoms with Crippen LogP contribution in [0.2, 0.25) is 0 Å². The number of carbonyl (C=O) groups is 4. The van der Waals surface area contributed by atoms with Crippen molar-refractivity contribution in [3.8, 4) is 0 Å². The van der Waals surface area contributed by atoms with Crippen LogP contribution in [0.5, 0.6) is 0 Å². The number of hydrogen-bond donors (Lipinski definition) is 4. The molecule has 4 N–H and O–H groups in total. The Morgan fingerprint density at radius 3 is 0.615 bits per heavy atom. The van der Waals surface area contributed by atoms with Crippen molar-refractivity contribution in [3.05, 3.63) is 0 Å². The van der Waals surface area contributed by atoms with Crippen LogP contribution in [0.1, 0.15) is 0 Å². The smallest absolute Gasteiger partial charge is 0.414 e. The maximum absolute atomic E-state index is 9.10. The van der Waals surface area contributed by atoms with Crippen LogP contribution >= 0.6 is 0 Å². The Morgan fingerprint density at radius 2 is 0.615 bits per heavy atom. The Balaban J connectivity index is -0.000000143. The Morgan fingerprint density at radius 1 is 0.538 bits per heavy atom. The van der Waals surface area contributed by atoms with Crippen molar-refractivity contribution in [1.82, 2.24) is 0 Å². The molecule has 9 heteroatoms. The number of rotatable bonds is 0. The number of aliphatic carboxylic acids is 4. The number of carboxylic acid groups (broad SMARTS) is 4. The molecule has 0 aliphatic heterocycles. The van der Waals surface area contributed by atoms with Gasteiger partial charge in [0, 0.05) is 18.9 Å². The minimum atomic E-state index is -1.82. The van der Waals surface area contributed by atoms with Crippen LogP contribution < -0.4 is 0 Å². The molecule has 13 heavy (non-hydrogen) atoms. The Labute approximate surface area is 83.0 Å². The third-order valence-electron chi connectivity index (χ3n) is 0.366. The molecule has 69 valence electrons. The van der Waals surface area contributed by atoms with E-state index in [1.807, 2.05) is 0 Å². The number of hydrogen-bond acceptors (Lipinski definition) is 4. The van der Waals surface area contributed by atoms with E-state index in [4.69, 9.17) is 39.6 Å². The molecular weight excluding hydrogens is 183 g/mol. The van der Waals surface area contributed by atoms with Crippen LogP contribution in [0.15, 0.2) is 0 Å². The van der Waals surface area contributed by atoms with Crippen LogP contribution in [0.25, 0.3) is 0 Å². The van der Waals surface area contributed by atoms with Gasteiger partial charge in [0.2, 0.25) is 0 Å². The average Bonchev–Trinajstić information content (AvgIpc) is 1.88. The maximum Gasteiger partial charge on any atom is 0.414 e. The van der Waals surface area contributed by atoms with Crippen LogP contribution in [-0.2, 0) is 19.2 Å². The fourth-order valence-corrected chi connectivity index (χ4v) is 0. The summed E-state index contributed by atoms with van der Waals surface area (Å²) in [6.45, 7) is 0. The predicted octanol–water partition coefficient (Wildman–Crippen LogP) is -2.07. The number of carboxylic acids is 4. The van der Waals surface area contributed by atoms with Crippen LogP contribution in [0.4, 0.5) is 0 Å². The van der Waals surface area contributed by atoms with E-state index in [9.17, 15) is 0 Å². The van der Waals surface area contributed by atoms with Crippen molar-refractivity contribution in [2.75, 3.05) is 0 Å². The van der Waals surface area contributed by atoms with E-state index < -0.39 is 23.9 Å². The van der Waals surface area contributed by atoms with Crippen molar-refractivity contribution in [1.29, 1.82) is 0 Å². The average molecular weight is 187 g/mol. The van der Waals surface area contributed by atoms with Crippen LogP contribution in [0.3, 0.4) is 0 Å². The van der Waals surface area contributed by atoms with E-state index in [0.29, 0.717) is 0 Å². The van der Waals surface area contributed by atoms with E-state index in [-0.39, 0.29) is 18.9 Å². The third-order valence-corrected chi connectivity index (χ3v) is 0.366. The van der Waals surface area contributed by atoms with Crippen molar-refractivity contribution in [3.63, 3.8) is 0 Å². The van der Waals surface area contributed by atoms with E-state index in [1.165, 1.54) is 0 Å². The van der Waals surface area contributed by atoms with Gasteiger partial charge in [-0.2, -0.15) is 0 Å². The summed E-state index contributed by atoms with van der Waals surface area (Å²) in [5, 5.41) is 29.6. The molecule has 0 unspecified atom stereocenters. The standard InChI is InChI=1S/2C2H2O4.Li/c2*3-1(4)2(5)6;/h2*(H,3,4)(H,5,6);. The van der Waals surface area contributed by atoms with Crippen LogP contribution in [-0.4, -0.2) is 63.2 Å². The minimum Gasteiger partial charge on any atom is -0.473 e. The second-order valence-electron chi connectivity index (χ2n) is 1.22. The molecule has 0 aromatic heterocycles. The molecular formula is C4H4LiO8. The third kappa shape index (κ3) is 17.9. The first kappa shape index (κ1) is 17.5. The van der Waals surface area contributed by atoms with Crippen molar-refractivity contribution in [2.24, 2.45) is 0 Å². The van der Waals surface area contributed by atoms with Gasteiger partial charge < -0.3 is 20.4 Å². The zero-order chi connectivity index (χ0) is 10.3. The normalized spacial score (nSPS) is 6.77.